The molecule has 0 bridgehead atoms. The monoisotopic (exact) mass is 282 g/mol. The van der Waals surface area contributed by atoms with Crippen molar-refractivity contribution in [2.45, 2.75) is 45.8 Å². The van der Waals surface area contributed by atoms with Crippen molar-refractivity contribution in [2.24, 2.45) is 0 Å². The van der Waals surface area contributed by atoms with Crippen molar-refractivity contribution in [2.75, 3.05) is 31.6 Å². The number of nitrogens with one attached hydrogen (secondary N) is 1. The van der Waals surface area contributed by atoms with Crippen LogP contribution in [0.4, 0.5) is 5.13 Å². The van der Waals surface area contributed by atoms with Crippen molar-refractivity contribution in [3.05, 3.63) is 11.1 Å². The number of hydrogen-bond donors (Lipinski definition) is 1. The van der Waals surface area contributed by atoms with Gasteiger partial charge in [-0.1, -0.05) is 20.8 Å². The molecule has 2 heterocycles. The maximum absolute atomic E-state index is 4.76. The average Bonchev–Trinajstić information content (AvgIpc) is 2.86. The molecule has 5 heteroatoms. The smallest absolute Gasteiger partial charge is 0.185 e. The standard InChI is InChI=1S/C14H26N4S/c1-5-13-9-18(7-6-17(13)4)14-16-12(10-19-14)8-15-11(2)3/h10-11,13,15H,5-9H2,1-4H3. The summed E-state index contributed by atoms with van der Waals surface area (Å²) in [4.78, 5) is 9.67. The van der Waals surface area contributed by atoms with Crippen molar-refractivity contribution in [1.82, 2.24) is 15.2 Å². The van der Waals surface area contributed by atoms with E-state index in [1.165, 1.54) is 17.2 Å². The van der Waals surface area contributed by atoms with Crippen molar-refractivity contribution >= 4 is 16.5 Å². The van der Waals surface area contributed by atoms with Crippen LogP contribution in [0, 0.1) is 0 Å². The molecule has 0 aromatic carbocycles. The van der Waals surface area contributed by atoms with E-state index in [0.29, 0.717) is 12.1 Å². The molecule has 19 heavy (non-hydrogen) atoms. The normalized spacial score (nSPS) is 21.3. The van der Waals surface area contributed by atoms with Crippen LogP contribution in [-0.2, 0) is 6.54 Å². The zero-order chi connectivity index (χ0) is 13.8. The molecule has 1 saturated heterocycles. The Hall–Kier alpha value is -0.650. The zero-order valence-corrected chi connectivity index (χ0v) is 13.3. The lowest BCUT2D eigenvalue weighted by molar-refractivity contribution is 0.213. The first-order chi connectivity index (χ1) is 9.10. The van der Waals surface area contributed by atoms with Crippen LogP contribution < -0.4 is 10.2 Å². The Balaban J connectivity index is 1.94. The summed E-state index contributed by atoms with van der Waals surface area (Å²) in [5.41, 5.74) is 1.17. The van der Waals surface area contributed by atoms with E-state index in [9.17, 15) is 0 Å². The number of likely N-dealkylation sites (N-methyl/N-ethyl adjacent to an activating group) is 1. The molecule has 1 N–H and O–H groups in total. The quantitative estimate of drug-likeness (QED) is 0.897. The Kier molecular flexibility index (Phi) is 5.19. The van der Waals surface area contributed by atoms with E-state index in [-0.39, 0.29) is 0 Å². The lowest BCUT2D eigenvalue weighted by Crippen LogP contribution is -2.51. The van der Waals surface area contributed by atoms with E-state index in [1.807, 2.05) is 0 Å². The molecule has 1 atom stereocenters. The van der Waals surface area contributed by atoms with Crippen LogP contribution in [-0.4, -0.2) is 48.6 Å². The zero-order valence-electron chi connectivity index (χ0n) is 12.5. The predicted molar refractivity (Wildman–Crippen MR) is 83.0 cm³/mol. The van der Waals surface area contributed by atoms with Crippen molar-refractivity contribution in [1.29, 1.82) is 0 Å². The summed E-state index contributed by atoms with van der Waals surface area (Å²) in [5, 5.41) is 6.79. The van der Waals surface area contributed by atoms with Crippen LogP contribution in [0.5, 0.6) is 0 Å². The molecule has 1 fully saturated rings. The molecule has 1 aromatic heterocycles. The number of thiazole rings is 1. The molecule has 1 unspecified atom stereocenters. The largest absolute Gasteiger partial charge is 0.345 e. The summed E-state index contributed by atoms with van der Waals surface area (Å²) in [5.74, 6) is 0. The minimum absolute atomic E-state index is 0.512. The van der Waals surface area contributed by atoms with Gasteiger partial charge in [0.25, 0.3) is 0 Å². The van der Waals surface area contributed by atoms with Gasteiger partial charge >= 0.3 is 0 Å². The minimum atomic E-state index is 0.512. The van der Waals surface area contributed by atoms with Crippen LogP contribution in [0.1, 0.15) is 32.9 Å². The number of piperazine rings is 1. The van der Waals surface area contributed by atoms with Gasteiger partial charge in [0.05, 0.1) is 5.69 Å². The van der Waals surface area contributed by atoms with Gasteiger partial charge in [0, 0.05) is 43.6 Å². The summed E-state index contributed by atoms with van der Waals surface area (Å²) in [7, 11) is 2.23. The van der Waals surface area contributed by atoms with E-state index in [4.69, 9.17) is 4.98 Å². The third-order valence-corrected chi connectivity index (χ3v) is 4.70. The van der Waals surface area contributed by atoms with Crippen molar-refractivity contribution < 1.29 is 0 Å². The highest BCUT2D eigenvalue weighted by molar-refractivity contribution is 7.13. The summed E-state index contributed by atoms with van der Waals surface area (Å²) in [6, 6.07) is 1.17. The highest BCUT2D eigenvalue weighted by Crippen LogP contribution is 2.23. The number of anilines is 1. The van der Waals surface area contributed by atoms with Crippen LogP contribution in [0.3, 0.4) is 0 Å². The van der Waals surface area contributed by atoms with Gasteiger partial charge in [0.1, 0.15) is 0 Å². The molecule has 108 valence electrons. The van der Waals surface area contributed by atoms with Gasteiger partial charge in [-0.05, 0) is 13.5 Å². The third-order valence-electron chi connectivity index (χ3n) is 3.75. The maximum atomic E-state index is 4.76. The molecule has 0 saturated carbocycles. The number of hydrogen-bond acceptors (Lipinski definition) is 5. The Labute approximate surface area is 120 Å². The van der Waals surface area contributed by atoms with E-state index < -0.39 is 0 Å². The van der Waals surface area contributed by atoms with Gasteiger partial charge in [-0.15, -0.1) is 11.3 Å². The fourth-order valence-electron chi connectivity index (χ4n) is 2.39. The van der Waals surface area contributed by atoms with Gasteiger partial charge in [0.15, 0.2) is 5.13 Å². The lowest BCUT2D eigenvalue weighted by atomic mass is 10.1. The molecule has 0 amide bonds. The Morgan fingerprint density at radius 1 is 1.47 bits per heavy atom. The van der Waals surface area contributed by atoms with E-state index in [2.05, 4.69) is 48.3 Å². The highest BCUT2D eigenvalue weighted by Gasteiger charge is 2.24. The predicted octanol–water partition coefficient (Wildman–Crippen LogP) is 2.17. The molecule has 4 nitrogen and oxygen atoms in total. The van der Waals surface area contributed by atoms with Gasteiger partial charge < -0.3 is 10.2 Å². The maximum Gasteiger partial charge on any atom is 0.185 e. The van der Waals surface area contributed by atoms with Crippen molar-refractivity contribution in [3.8, 4) is 0 Å². The first-order valence-electron chi connectivity index (χ1n) is 7.23. The Morgan fingerprint density at radius 3 is 2.95 bits per heavy atom. The first-order valence-corrected chi connectivity index (χ1v) is 8.11. The molecule has 0 radical (unpaired) electrons. The molecule has 0 spiro atoms. The Morgan fingerprint density at radius 2 is 2.26 bits per heavy atom. The first kappa shape index (κ1) is 14.8. The number of rotatable bonds is 5. The van der Waals surface area contributed by atoms with E-state index >= 15 is 0 Å². The summed E-state index contributed by atoms with van der Waals surface area (Å²) < 4.78 is 0. The molecule has 1 aliphatic heterocycles. The van der Waals surface area contributed by atoms with Crippen molar-refractivity contribution in [3.63, 3.8) is 0 Å². The average molecular weight is 282 g/mol. The van der Waals surface area contributed by atoms with Crippen LogP contribution in [0.25, 0.3) is 0 Å². The van der Waals surface area contributed by atoms with Gasteiger partial charge in [-0.3, -0.25) is 4.90 Å². The van der Waals surface area contributed by atoms with Gasteiger partial charge in [-0.25, -0.2) is 4.98 Å². The number of aromatic nitrogens is 1. The topological polar surface area (TPSA) is 31.4 Å². The highest BCUT2D eigenvalue weighted by atomic mass is 32.1. The van der Waals surface area contributed by atoms with E-state index in [1.54, 1.807) is 11.3 Å². The van der Waals surface area contributed by atoms with E-state index in [0.717, 1.165) is 26.2 Å². The fraction of sp³-hybridized carbons (Fsp3) is 0.786. The van der Waals surface area contributed by atoms with Crippen LogP contribution in [0.2, 0.25) is 0 Å². The lowest BCUT2D eigenvalue weighted by Gasteiger charge is -2.39. The molecule has 2 rings (SSSR count). The summed E-state index contributed by atoms with van der Waals surface area (Å²) >= 11 is 1.78. The van der Waals surface area contributed by atoms with Gasteiger partial charge in [-0.2, -0.15) is 0 Å². The molecule has 1 aliphatic rings. The molecule has 1 aromatic rings. The van der Waals surface area contributed by atoms with Gasteiger partial charge in [0.2, 0.25) is 0 Å². The molecular formula is C14H26N4S. The van der Waals surface area contributed by atoms with Crippen LogP contribution >= 0.6 is 11.3 Å². The molecule has 0 aliphatic carbocycles. The molecular weight excluding hydrogens is 256 g/mol. The Bertz CT molecular complexity index is 391. The second-order valence-corrected chi connectivity index (χ2v) is 6.48. The summed E-state index contributed by atoms with van der Waals surface area (Å²) in [6.45, 7) is 10.8. The summed E-state index contributed by atoms with van der Waals surface area (Å²) in [6.07, 6.45) is 1.21. The SMILES string of the molecule is CCC1CN(c2nc(CNC(C)C)cs2)CCN1C. The third kappa shape index (κ3) is 3.91. The second kappa shape index (κ2) is 6.68. The second-order valence-electron chi connectivity index (χ2n) is 5.65. The van der Waals surface area contributed by atoms with Crippen LogP contribution in [0.15, 0.2) is 5.38 Å². The minimum Gasteiger partial charge on any atom is -0.345 e. The number of nitrogens with zero attached hydrogens (tertiary/aromatic N) is 3. The fourth-order valence-corrected chi connectivity index (χ4v) is 3.25.